The minimum absolute atomic E-state index is 0.674. The van der Waals surface area contributed by atoms with E-state index in [1.807, 2.05) is 24.4 Å². The molecule has 0 aliphatic rings. The molecule has 0 aliphatic heterocycles. The predicted octanol–water partition coefficient (Wildman–Crippen LogP) is 1.64. The van der Waals surface area contributed by atoms with Gasteiger partial charge in [-0.2, -0.15) is 5.10 Å². The van der Waals surface area contributed by atoms with Gasteiger partial charge >= 0.3 is 0 Å². The molecule has 2 aromatic heterocycles. The van der Waals surface area contributed by atoms with Crippen LogP contribution in [0.25, 0.3) is 0 Å². The summed E-state index contributed by atoms with van der Waals surface area (Å²) in [5, 5.41) is 4.58. The molecule has 0 bridgehead atoms. The fraction of sp³-hybridized carbons (Fsp3) is 0.429. The first kappa shape index (κ1) is 12.8. The number of aryl methyl sites for hydroxylation is 3. The lowest BCUT2D eigenvalue weighted by Crippen LogP contribution is -2.08. The summed E-state index contributed by atoms with van der Waals surface area (Å²) >= 11 is 0. The van der Waals surface area contributed by atoms with Crippen LogP contribution in [0, 0.1) is 13.8 Å². The van der Waals surface area contributed by atoms with E-state index in [2.05, 4.69) is 28.6 Å². The largest absolute Gasteiger partial charge is 0.330 e. The van der Waals surface area contributed by atoms with Gasteiger partial charge in [0, 0.05) is 30.6 Å². The average Bonchev–Trinajstić information content (AvgIpc) is 2.66. The lowest BCUT2D eigenvalue weighted by atomic mass is 10.1. The van der Waals surface area contributed by atoms with E-state index in [1.54, 1.807) is 0 Å². The van der Waals surface area contributed by atoms with Gasteiger partial charge in [0.05, 0.1) is 5.69 Å². The van der Waals surface area contributed by atoms with Crippen LogP contribution in [0.15, 0.2) is 24.4 Å². The number of rotatable bonds is 5. The summed E-state index contributed by atoms with van der Waals surface area (Å²) < 4.78 is 2.06. The molecule has 2 aromatic rings. The zero-order chi connectivity index (χ0) is 13.0. The van der Waals surface area contributed by atoms with Gasteiger partial charge in [0.25, 0.3) is 0 Å². The number of hydrogen-bond donors (Lipinski definition) is 1. The summed E-state index contributed by atoms with van der Waals surface area (Å²) in [5.74, 6) is 0. The Bertz CT molecular complexity index is 502. The summed E-state index contributed by atoms with van der Waals surface area (Å²) in [6.45, 7) is 5.71. The maximum atomic E-state index is 5.63. The second kappa shape index (κ2) is 5.78. The third-order valence-corrected chi connectivity index (χ3v) is 3.23. The Morgan fingerprint density at radius 3 is 2.72 bits per heavy atom. The summed E-state index contributed by atoms with van der Waals surface area (Å²) in [6, 6.07) is 6.00. The molecule has 0 aliphatic carbocycles. The molecule has 0 unspecified atom stereocenters. The van der Waals surface area contributed by atoms with Gasteiger partial charge in [-0.15, -0.1) is 0 Å². The highest BCUT2D eigenvalue weighted by atomic mass is 15.3. The molecule has 4 nitrogen and oxygen atoms in total. The number of aromatic nitrogens is 3. The van der Waals surface area contributed by atoms with Crippen LogP contribution in [0.4, 0.5) is 0 Å². The van der Waals surface area contributed by atoms with Crippen LogP contribution in [0.5, 0.6) is 0 Å². The highest BCUT2D eigenvalue weighted by Crippen LogP contribution is 2.13. The average molecular weight is 244 g/mol. The Labute approximate surface area is 108 Å². The Morgan fingerprint density at radius 2 is 2.06 bits per heavy atom. The fourth-order valence-corrected chi connectivity index (χ4v) is 2.22. The van der Waals surface area contributed by atoms with Crippen LogP contribution in [0.1, 0.15) is 22.6 Å². The first-order valence-electron chi connectivity index (χ1n) is 6.35. The van der Waals surface area contributed by atoms with Crippen molar-refractivity contribution in [2.24, 2.45) is 5.73 Å². The van der Waals surface area contributed by atoms with Crippen molar-refractivity contribution >= 4 is 0 Å². The summed E-state index contributed by atoms with van der Waals surface area (Å²) in [4.78, 5) is 4.33. The zero-order valence-corrected chi connectivity index (χ0v) is 11.1. The standard InChI is InChI=1S/C14H20N4/c1-11-14(6-8-15)12(2)18(17-11)10-7-13-5-3-4-9-16-13/h3-5,9H,6-8,10,15H2,1-2H3. The van der Waals surface area contributed by atoms with E-state index >= 15 is 0 Å². The monoisotopic (exact) mass is 244 g/mol. The van der Waals surface area contributed by atoms with Crippen LogP contribution in [0.2, 0.25) is 0 Å². The Kier molecular flexibility index (Phi) is 4.10. The van der Waals surface area contributed by atoms with Crippen LogP contribution < -0.4 is 5.73 Å². The molecule has 0 saturated heterocycles. The van der Waals surface area contributed by atoms with Crippen molar-refractivity contribution in [2.75, 3.05) is 6.54 Å². The van der Waals surface area contributed by atoms with Gasteiger partial charge in [-0.05, 0) is 44.5 Å². The van der Waals surface area contributed by atoms with Crippen LogP contribution in [-0.2, 0) is 19.4 Å². The first-order valence-corrected chi connectivity index (χ1v) is 6.35. The fourth-order valence-electron chi connectivity index (χ4n) is 2.22. The zero-order valence-electron chi connectivity index (χ0n) is 11.1. The van der Waals surface area contributed by atoms with E-state index in [9.17, 15) is 0 Å². The number of pyridine rings is 1. The van der Waals surface area contributed by atoms with E-state index in [0.29, 0.717) is 6.54 Å². The van der Waals surface area contributed by atoms with E-state index < -0.39 is 0 Å². The Hall–Kier alpha value is -1.68. The van der Waals surface area contributed by atoms with Crippen LogP contribution >= 0.6 is 0 Å². The molecule has 4 heteroatoms. The van der Waals surface area contributed by atoms with Crippen molar-refractivity contribution in [2.45, 2.75) is 33.2 Å². The molecule has 0 aromatic carbocycles. The lowest BCUT2D eigenvalue weighted by Gasteiger charge is -2.05. The van der Waals surface area contributed by atoms with Crippen molar-refractivity contribution < 1.29 is 0 Å². The molecule has 2 rings (SSSR count). The van der Waals surface area contributed by atoms with E-state index in [4.69, 9.17) is 5.73 Å². The van der Waals surface area contributed by atoms with Crippen molar-refractivity contribution in [1.29, 1.82) is 0 Å². The second-order valence-electron chi connectivity index (χ2n) is 4.48. The Morgan fingerprint density at radius 1 is 1.22 bits per heavy atom. The maximum absolute atomic E-state index is 5.63. The summed E-state index contributed by atoms with van der Waals surface area (Å²) in [7, 11) is 0. The molecule has 0 spiro atoms. The highest BCUT2D eigenvalue weighted by Gasteiger charge is 2.10. The van der Waals surface area contributed by atoms with E-state index in [0.717, 1.165) is 30.8 Å². The van der Waals surface area contributed by atoms with Gasteiger partial charge < -0.3 is 5.73 Å². The second-order valence-corrected chi connectivity index (χ2v) is 4.48. The molecule has 0 amide bonds. The van der Waals surface area contributed by atoms with Crippen molar-refractivity contribution in [3.8, 4) is 0 Å². The number of nitrogens with two attached hydrogens (primary N) is 1. The molecule has 18 heavy (non-hydrogen) atoms. The van der Waals surface area contributed by atoms with Crippen LogP contribution in [-0.4, -0.2) is 21.3 Å². The molecule has 0 fully saturated rings. The van der Waals surface area contributed by atoms with E-state index in [-0.39, 0.29) is 0 Å². The summed E-state index contributed by atoms with van der Waals surface area (Å²) in [5.41, 5.74) is 10.3. The Balaban J connectivity index is 2.08. The van der Waals surface area contributed by atoms with Gasteiger partial charge in [-0.3, -0.25) is 9.67 Å². The molecular formula is C14H20N4. The molecule has 0 radical (unpaired) electrons. The minimum Gasteiger partial charge on any atom is -0.330 e. The highest BCUT2D eigenvalue weighted by molar-refractivity contribution is 5.24. The van der Waals surface area contributed by atoms with Crippen molar-refractivity contribution in [3.63, 3.8) is 0 Å². The molecule has 0 saturated carbocycles. The topological polar surface area (TPSA) is 56.7 Å². The van der Waals surface area contributed by atoms with Gasteiger partial charge in [-0.1, -0.05) is 6.07 Å². The predicted molar refractivity (Wildman–Crippen MR) is 72.4 cm³/mol. The van der Waals surface area contributed by atoms with E-state index in [1.165, 1.54) is 11.3 Å². The molecular weight excluding hydrogens is 224 g/mol. The molecule has 2 heterocycles. The normalized spacial score (nSPS) is 10.8. The first-order chi connectivity index (χ1) is 8.72. The van der Waals surface area contributed by atoms with Gasteiger partial charge in [-0.25, -0.2) is 0 Å². The van der Waals surface area contributed by atoms with Gasteiger partial charge in [0.1, 0.15) is 0 Å². The minimum atomic E-state index is 0.674. The number of hydrogen-bond acceptors (Lipinski definition) is 3. The van der Waals surface area contributed by atoms with Crippen LogP contribution in [0.3, 0.4) is 0 Å². The molecule has 0 atom stereocenters. The van der Waals surface area contributed by atoms with Gasteiger partial charge in [0.15, 0.2) is 0 Å². The number of nitrogens with zero attached hydrogens (tertiary/aromatic N) is 3. The third kappa shape index (κ3) is 2.76. The van der Waals surface area contributed by atoms with Crippen molar-refractivity contribution in [3.05, 3.63) is 47.0 Å². The quantitative estimate of drug-likeness (QED) is 0.870. The molecule has 2 N–H and O–H groups in total. The smallest absolute Gasteiger partial charge is 0.0628 e. The van der Waals surface area contributed by atoms with Crippen molar-refractivity contribution in [1.82, 2.24) is 14.8 Å². The maximum Gasteiger partial charge on any atom is 0.0628 e. The lowest BCUT2D eigenvalue weighted by molar-refractivity contribution is 0.588. The van der Waals surface area contributed by atoms with Gasteiger partial charge in [0.2, 0.25) is 0 Å². The SMILES string of the molecule is Cc1nn(CCc2ccccn2)c(C)c1CCN. The molecule has 96 valence electrons. The third-order valence-electron chi connectivity index (χ3n) is 3.23. The summed E-state index contributed by atoms with van der Waals surface area (Å²) in [6.07, 6.45) is 3.64.